The van der Waals surface area contributed by atoms with Gasteiger partial charge in [-0.2, -0.15) is 15.2 Å². The van der Waals surface area contributed by atoms with E-state index in [4.69, 9.17) is 54.6 Å². The number of aromatic nitrogens is 6. The lowest BCUT2D eigenvalue weighted by Crippen LogP contribution is -2.47. The van der Waals surface area contributed by atoms with Crippen LogP contribution in [-0.4, -0.2) is 246 Å². The molecule has 6 N–H and O–H groups in total. The summed E-state index contributed by atoms with van der Waals surface area (Å²) < 4.78 is 63.7. The molecule has 4 aromatic carbocycles. The van der Waals surface area contributed by atoms with Gasteiger partial charge in [-0.3, -0.25) is 43.0 Å². The first-order valence-corrected chi connectivity index (χ1v) is 34.9. The smallest absolute Gasteiger partial charge is 0.325 e. The van der Waals surface area contributed by atoms with Crippen LogP contribution in [0.15, 0.2) is 91.3 Å². The fourth-order valence-corrected chi connectivity index (χ4v) is 11.7. The zero-order valence-corrected chi connectivity index (χ0v) is 59.1. The zero-order valence-electron chi connectivity index (χ0n) is 58.3. The summed E-state index contributed by atoms with van der Waals surface area (Å²) in [5.74, 6) is -2.20. The van der Waals surface area contributed by atoms with Gasteiger partial charge in [0.05, 0.1) is 146 Å². The number of fused-ring (bicyclic) bond motifs is 2. The number of anilines is 5. The average Bonchev–Trinajstić information content (AvgIpc) is 1.58. The van der Waals surface area contributed by atoms with Crippen LogP contribution in [0.5, 0.6) is 0 Å². The molecule has 0 spiro atoms. The molecule has 550 valence electrons. The molecule has 29 nitrogen and oxygen atoms in total. The number of likely N-dealkylation sites (tertiary alicyclic amines) is 1. The molecule has 3 aromatic heterocycles. The molecule has 102 heavy (non-hydrogen) atoms. The van der Waals surface area contributed by atoms with Crippen molar-refractivity contribution in [2.45, 2.75) is 58.1 Å². The molecule has 31 heteroatoms. The number of amides is 5. The first-order valence-electron chi connectivity index (χ1n) is 34.5. The minimum Gasteiger partial charge on any atom is -0.462 e. The highest BCUT2D eigenvalue weighted by molar-refractivity contribution is 6.33. The minimum atomic E-state index is -0.599. The summed E-state index contributed by atoms with van der Waals surface area (Å²) in [5.41, 5.74) is 5.88. The first-order chi connectivity index (χ1) is 49.6. The SMILES string of the molecule is CNC(=O)c1ccccc1Nc1nc(Nc2ccc(N3CCN(CCOCCOCCOCCOCCOCCOCCOCCNC(=O)CCC(=O)N4CCC(c5nn(CC(=O)NCC(=O)NCC(=O)OC(C)C)c6cccc(-c7cc8c(cnn8C)cc7F)c56)CC4)CC3)cc2)ncc1Cl. The largest absolute Gasteiger partial charge is 0.462 e. The highest BCUT2D eigenvalue weighted by atomic mass is 35.5. The Morgan fingerprint density at radius 2 is 1.28 bits per heavy atom. The fourth-order valence-electron chi connectivity index (χ4n) is 11.6. The van der Waals surface area contributed by atoms with E-state index in [-0.39, 0.29) is 75.4 Å². The molecule has 0 aliphatic carbocycles. The van der Waals surface area contributed by atoms with Gasteiger partial charge in [-0.15, -0.1) is 0 Å². The number of carbonyl (C=O) groups excluding carboxylic acids is 6. The third-order valence-electron chi connectivity index (χ3n) is 16.9. The van der Waals surface area contributed by atoms with Crippen LogP contribution >= 0.6 is 11.6 Å². The van der Waals surface area contributed by atoms with Crippen LogP contribution in [0, 0.1) is 5.82 Å². The number of hydrogen-bond acceptors (Lipinski definition) is 22. The van der Waals surface area contributed by atoms with E-state index in [9.17, 15) is 28.8 Å². The zero-order chi connectivity index (χ0) is 72.0. The number of aryl methyl sites for hydroxylation is 1. The van der Waals surface area contributed by atoms with Gasteiger partial charge in [-0.25, -0.2) is 9.37 Å². The molecule has 2 aliphatic heterocycles. The fraction of sp³-hybridized carbons (Fsp3) is 0.493. The Balaban J connectivity index is 0.542. The van der Waals surface area contributed by atoms with E-state index in [1.807, 2.05) is 30.3 Å². The van der Waals surface area contributed by atoms with E-state index >= 15 is 4.39 Å². The monoisotopic (exact) mass is 1430 g/mol. The second kappa shape index (κ2) is 40.6. The molecule has 0 saturated carbocycles. The van der Waals surface area contributed by atoms with E-state index in [0.717, 1.165) is 49.6 Å². The highest BCUT2D eigenvalue weighted by Gasteiger charge is 2.30. The molecule has 5 amide bonds. The molecule has 2 saturated heterocycles. The van der Waals surface area contributed by atoms with Crippen molar-refractivity contribution < 1.29 is 71.1 Å². The van der Waals surface area contributed by atoms with Gasteiger partial charge in [-0.05, 0) is 86.8 Å². The van der Waals surface area contributed by atoms with Crippen LogP contribution in [0.3, 0.4) is 0 Å². The summed E-state index contributed by atoms with van der Waals surface area (Å²) in [4.78, 5) is 91.5. The number of hydrogen-bond donors (Lipinski definition) is 6. The second-order valence-corrected chi connectivity index (χ2v) is 24.8. The molecule has 0 bridgehead atoms. The molecular formula is C71H93ClFN15O14. The molecular weight excluding hydrogens is 1340 g/mol. The number of nitrogens with one attached hydrogen (secondary N) is 6. The van der Waals surface area contributed by atoms with Gasteiger partial charge in [0.2, 0.25) is 29.6 Å². The number of rotatable bonds is 42. The standard InChI is InChI=1S/C71H93ClFN15O14/c1-49(2)102-66(93)47-77-63(90)46-76-64(91)48-88-60-11-7-9-54(56-43-61-51(42-58(56)73)44-79-84(61)4)67(60)68(83-88)50-18-21-87(22-19-50)65(92)17-16-62(89)75-20-28-95-30-32-97-34-36-99-38-40-101-41-39-100-37-35-98-33-31-96-29-27-85-23-25-86(26-24-85)53-14-12-52(13-15-53)80-71-78-45-57(72)69(82-71)81-59-10-6-5-8-55(59)70(94)74-3/h5-15,42-45,49-50H,16-41,46-48H2,1-4H3,(H,74,94)(H,75,89)(H,76,91)(H,77,90)(H2,78,80,81,82). The van der Waals surface area contributed by atoms with Crippen LogP contribution in [-0.2, 0) is 75.5 Å². The lowest BCUT2D eigenvalue weighted by Gasteiger charge is -2.36. The van der Waals surface area contributed by atoms with E-state index in [0.29, 0.717) is 173 Å². The van der Waals surface area contributed by atoms with Crippen LogP contribution in [0.1, 0.15) is 61.5 Å². The topological polar surface area (TPSA) is 320 Å². The molecule has 9 rings (SSSR count). The van der Waals surface area contributed by atoms with E-state index in [1.165, 1.54) is 16.9 Å². The van der Waals surface area contributed by atoms with Crippen molar-refractivity contribution in [1.82, 2.24) is 60.6 Å². The Kier molecular flexibility index (Phi) is 30.7. The number of ether oxygens (including phenoxy) is 8. The van der Waals surface area contributed by atoms with Gasteiger partial charge in [0.15, 0.2) is 5.82 Å². The molecule has 0 atom stereocenters. The Hall–Kier alpha value is -8.98. The van der Waals surface area contributed by atoms with Crippen molar-refractivity contribution in [3.63, 3.8) is 0 Å². The molecule has 5 heterocycles. The number of benzene rings is 4. The maximum absolute atomic E-state index is 16.0. The van der Waals surface area contributed by atoms with Crippen LogP contribution < -0.4 is 36.8 Å². The summed E-state index contributed by atoms with van der Waals surface area (Å²) in [6, 6.07) is 23.9. The molecule has 0 radical (unpaired) electrons. The van der Waals surface area contributed by atoms with Gasteiger partial charge >= 0.3 is 5.97 Å². The number of nitrogens with zero attached hydrogens (tertiary/aromatic N) is 9. The summed E-state index contributed by atoms with van der Waals surface area (Å²) in [5, 5.41) is 27.7. The predicted molar refractivity (Wildman–Crippen MR) is 382 cm³/mol. The number of piperazine rings is 1. The lowest BCUT2D eigenvalue weighted by molar-refractivity contribution is -0.147. The third-order valence-corrected chi connectivity index (χ3v) is 17.2. The van der Waals surface area contributed by atoms with Gasteiger partial charge in [-0.1, -0.05) is 35.9 Å². The summed E-state index contributed by atoms with van der Waals surface area (Å²) >= 11 is 6.42. The molecule has 0 unspecified atom stereocenters. The third kappa shape index (κ3) is 23.8. The maximum atomic E-state index is 16.0. The Bertz CT molecular complexity index is 3870. The van der Waals surface area contributed by atoms with Gasteiger partial charge in [0.1, 0.15) is 23.9 Å². The van der Waals surface area contributed by atoms with Crippen LogP contribution in [0.25, 0.3) is 32.9 Å². The van der Waals surface area contributed by atoms with Crippen LogP contribution in [0.4, 0.5) is 33.2 Å². The van der Waals surface area contributed by atoms with Gasteiger partial charge < -0.3 is 79.6 Å². The highest BCUT2D eigenvalue weighted by Crippen LogP contribution is 2.40. The molecule has 2 aliphatic rings. The first kappa shape index (κ1) is 77.2. The van der Waals surface area contributed by atoms with Crippen molar-refractivity contribution in [2.24, 2.45) is 7.05 Å². The number of esters is 1. The maximum Gasteiger partial charge on any atom is 0.325 e. The minimum absolute atomic E-state index is 0.0191. The van der Waals surface area contributed by atoms with E-state index in [1.54, 1.807) is 74.1 Å². The van der Waals surface area contributed by atoms with Gasteiger partial charge in [0, 0.05) is 113 Å². The number of piperidine rings is 1. The normalized spacial score (nSPS) is 13.6. The Morgan fingerprint density at radius 3 is 1.94 bits per heavy atom. The summed E-state index contributed by atoms with van der Waals surface area (Å²) in [6.45, 7) is 14.1. The van der Waals surface area contributed by atoms with Crippen LogP contribution in [0.2, 0.25) is 5.02 Å². The second-order valence-electron chi connectivity index (χ2n) is 24.4. The van der Waals surface area contributed by atoms with Crippen molar-refractivity contribution in [3.8, 4) is 11.1 Å². The van der Waals surface area contributed by atoms with Gasteiger partial charge in [0.25, 0.3) is 5.91 Å². The molecule has 7 aromatic rings. The van der Waals surface area contributed by atoms with E-state index in [2.05, 4.69) is 68.9 Å². The molecule has 2 fully saturated rings. The van der Waals surface area contributed by atoms with E-state index < -0.39 is 23.6 Å². The Morgan fingerprint density at radius 1 is 0.647 bits per heavy atom. The number of halogens is 2. The van der Waals surface area contributed by atoms with Crippen molar-refractivity contribution in [2.75, 3.05) is 181 Å². The summed E-state index contributed by atoms with van der Waals surface area (Å²) in [7, 11) is 3.36. The van der Waals surface area contributed by atoms with Crippen molar-refractivity contribution in [3.05, 3.63) is 113 Å². The quantitative estimate of drug-likeness (QED) is 0.0196. The van der Waals surface area contributed by atoms with Crippen molar-refractivity contribution >= 4 is 97.7 Å². The number of carbonyl (C=O) groups is 6. The summed E-state index contributed by atoms with van der Waals surface area (Å²) in [6.07, 6.45) is 3.89. The number of para-hydroxylation sites is 1. The Labute approximate surface area is 597 Å². The average molecular weight is 1440 g/mol. The lowest BCUT2D eigenvalue weighted by atomic mass is 9.88. The predicted octanol–water partition coefficient (Wildman–Crippen LogP) is 5.74. The van der Waals surface area contributed by atoms with Crippen molar-refractivity contribution in [1.29, 1.82) is 0 Å².